The van der Waals surface area contributed by atoms with E-state index >= 15 is 8.78 Å². The molecule has 0 heterocycles. The predicted molar refractivity (Wildman–Crippen MR) is 136 cm³/mol. The van der Waals surface area contributed by atoms with E-state index in [0.717, 1.165) is 18.3 Å². The van der Waals surface area contributed by atoms with E-state index in [4.69, 9.17) is 0 Å². The van der Waals surface area contributed by atoms with E-state index in [1.54, 1.807) is 18.2 Å². The first kappa shape index (κ1) is 24.6. The molecule has 0 amide bonds. The first-order valence-corrected chi connectivity index (χ1v) is 12.8. The van der Waals surface area contributed by atoms with Gasteiger partial charge >= 0.3 is 0 Å². The van der Waals surface area contributed by atoms with E-state index in [-0.39, 0.29) is 10.9 Å². The van der Waals surface area contributed by atoms with Gasteiger partial charge in [-0.25, -0.2) is 13.2 Å². The Balaban J connectivity index is 1.50. The number of hydrogen-bond donors (Lipinski definition) is 0. The van der Waals surface area contributed by atoms with Crippen LogP contribution in [0.2, 0.25) is 0 Å². The van der Waals surface area contributed by atoms with E-state index < -0.39 is 17.5 Å². The zero-order valence-corrected chi connectivity index (χ0v) is 20.3. The predicted octanol–water partition coefficient (Wildman–Crippen LogP) is 9.58. The summed E-state index contributed by atoms with van der Waals surface area (Å²) in [5, 5.41) is 0.126. The van der Waals surface area contributed by atoms with Crippen molar-refractivity contribution in [2.24, 2.45) is 11.8 Å². The maximum atomic E-state index is 15.0. The molecular formula is C31H35F3. The molecule has 4 rings (SSSR count). The third kappa shape index (κ3) is 5.40. The van der Waals surface area contributed by atoms with Gasteiger partial charge in [0.15, 0.2) is 11.6 Å². The third-order valence-electron chi connectivity index (χ3n) is 7.67. The minimum absolute atomic E-state index is 0.176. The third-order valence-corrected chi connectivity index (χ3v) is 7.67. The quantitative estimate of drug-likeness (QED) is 0.291. The molecule has 0 bridgehead atoms. The largest absolute Gasteiger partial charge is 0.206 e. The van der Waals surface area contributed by atoms with Crippen LogP contribution in [-0.4, -0.2) is 0 Å². The van der Waals surface area contributed by atoms with Crippen molar-refractivity contribution >= 4 is 10.8 Å². The van der Waals surface area contributed by atoms with E-state index in [1.807, 2.05) is 43.3 Å². The molecule has 0 nitrogen and oxygen atoms in total. The van der Waals surface area contributed by atoms with Gasteiger partial charge in [0.1, 0.15) is 5.82 Å². The van der Waals surface area contributed by atoms with Crippen LogP contribution in [0, 0.1) is 29.3 Å². The summed E-state index contributed by atoms with van der Waals surface area (Å²) in [5.41, 5.74) is 2.42. The monoisotopic (exact) mass is 464 g/mol. The van der Waals surface area contributed by atoms with E-state index in [0.29, 0.717) is 29.4 Å². The van der Waals surface area contributed by atoms with Crippen LogP contribution in [0.5, 0.6) is 0 Å². The number of allylic oxidation sites excluding steroid dienone is 2. The molecular weight excluding hydrogens is 429 g/mol. The minimum Gasteiger partial charge on any atom is -0.206 e. The summed E-state index contributed by atoms with van der Waals surface area (Å²) in [6.45, 7) is 4.19. The highest BCUT2D eigenvalue weighted by molar-refractivity contribution is 5.89. The van der Waals surface area contributed by atoms with Gasteiger partial charge in [0.2, 0.25) is 0 Å². The molecule has 0 atom stereocenters. The van der Waals surface area contributed by atoms with Crippen LogP contribution < -0.4 is 0 Å². The van der Waals surface area contributed by atoms with Crippen LogP contribution in [0.15, 0.2) is 54.6 Å². The van der Waals surface area contributed by atoms with E-state index in [9.17, 15) is 4.39 Å². The fraction of sp³-hybridized carbons (Fsp3) is 0.419. The highest BCUT2D eigenvalue weighted by Gasteiger charge is 2.21. The molecule has 0 N–H and O–H groups in total. The first-order chi connectivity index (χ1) is 16.5. The number of aryl methyl sites for hydroxylation is 2. The van der Waals surface area contributed by atoms with Crippen LogP contribution in [-0.2, 0) is 12.8 Å². The minimum atomic E-state index is -1.11. The molecule has 0 aliphatic heterocycles. The molecule has 0 saturated heterocycles. The van der Waals surface area contributed by atoms with Crippen molar-refractivity contribution in [3.63, 3.8) is 0 Å². The smallest absolute Gasteiger partial charge is 0.170 e. The van der Waals surface area contributed by atoms with Crippen LogP contribution >= 0.6 is 0 Å². The average molecular weight is 465 g/mol. The Kier molecular flexibility index (Phi) is 8.13. The fourth-order valence-electron chi connectivity index (χ4n) is 5.38. The molecule has 34 heavy (non-hydrogen) atoms. The van der Waals surface area contributed by atoms with Crippen molar-refractivity contribution in [2.75, 3.05) is 0 Å². The topological polar surface area (TPSA) is 0 Å². The Hall–Kier alpha value is -2.55. The molecule has 1 fully saturated rings. The standard InChI is InChI=1S/C31H35F3/c1-3-5-6-7-25-18-19-26-20-27(30(33)31(34)28(26)29(25)32)24-16-14-23(15-17-24)13-12-22-10-8-21(4-2)9-11-22/h3,5,14-22H,4,6-13H2,1-2H3/b5-3+. The number of halogens is 3. The van der Waals surface area contributed by atoms with Gasteiger partial charge in [0, 0.05) is 5.56 Å². The highest BCUT2D eigenvalue weighted by atomic mass is 19.2. The lowest BCUT2D eigenvalue weighted by Gasteiger charge is -2.27. The van der Waals surface area contributed by atoms with Crippen molar-refractivity contribution in [3.8, 4) is 11.1 Å². The molecule has 1 aliphatic carbocycles. The van der Waals surface area contributed by atoms with Gasteiger partial charge in [-0.05, 0) is 72.6 Å². The van der Waals surface area contributed by atoms with Gasteiger partial charge in [0.25, 0.3) is 0 Å². The second-order valence-electron chi connectivity index (χ2n) is 9.83. The molecule has 0 unspecified atom stereocenters. The maximum Gasteiger partial charge on any atom is 0.170 e. The number of hydrogen-bond acceptors (Lipinski definition) is 0. The van der Waals surface area contributed by atoms with E-state index in [1.165, 1.54) is 44.1 Å². The van der Waals surface area contributed by atoms with Crippen LogP contribution in [0.3, 0.4) is 0 Å². The zero-order chi connectivity index (χ0) is 24.1. The SMILES string of the molecule is C/C=C/CCc1ccc2cc(-c3ccc(CCC4CCC(CC)CC4)cc3)c(F)c(F)c2c1F. The molecule has 180 valence electrons. The van der Waals surface area contributed by atoms with Gasteiger partial charge in [-0.3, -0.25) is 0 Å². The Morgan fingerprint density at radius 3 is 2.21 bits per heavy atom. The van der Waals surface area contributed by atoms with Gasteiger partial charge in [-0.1, -0.05) is 87.6 Å². The normalized spacial score (nSPS) is 18.7. The summed E-state index contributed by atoms with van der Waals surface area (Å²) >= 11 is 0. The number of fused-ring (bicyclic) bond motifs is 1. The van der Waals surface area contributed by atoms with Crippen molar-refractivity contribution in [1.82, 2.24) is 0 Å². The molecule has 0 spiro atoms. The molecule has 1 aliphatic rings. The zero-order valence-electron chi connectivity index (χ0n) is 20.3. The Bertz CT molecular complexity index is 1140. The summed E-state index contributed by atoms with van der Waals surface area (Å²) < 4.78 is 45.0. The molecule has 0 radical (unpaired) electrons. The maximum absolute atomic E-state index is 15.0. The molecule has 3 aromatic carbocycles. The van der Waals surface area contributed by atoms with Gasteiger partial charge in [-0.2, -0.15) is 0 Å². The van der Waals surface area contributed by atoms with Crippen LogP contribution in [0.4, 0.5) is 13.2 Å². The Morgan fingerprint density at radius 1 is 0.824 bits per heavy atom. The average Bonchev–Trinajstić information content (AvgIpc) is 2.87. The second-order valence-corrected chi connectivity index (χ2v) is 9.83. The van der Waals surface area contributed by atoms with E-state index in [2.05, 4.69) is 6.92 Å². The summed E-state index contributed by atoms with van der Waals surface area (Å²) in [4.78, 5) is 0. The first-order valence-electron chi connectivity index (χ1n) is 12.8. The molecule has 3 heteroatoms. The van der Waals surface area contributed by atoms with Gasteiger partial charge < -0.3 is 0 Å². The Morgan fingerprint density at radius 2 is 1.53 bits per heavy atom. The lowest BCUT2D eigenvalue weighted by molar-refractivity contribution is 0.259. The van der Waals surface area contributed by atoms with Crippen molar-refractivity contribution in [2.45, 2.75) is 71.6 Å². The van der Waals surface area contributed by atoms with Crippen molar-refractivity contribution in [1.29, 1.82) is 0 Å². The van der Waals surface area contributed by atoms with Crippen LogP contribution in [0.25, 0.3) is 21.9 Å². The molecule has 1 saturated carbocycles. The highest BCUT2D eigenvalue weighted by Crippen LogP contribution is 2.35. The number of rotatable bonds is 8. The second kappa shape index (κ2) is 11.3. The molecule has 3 aromatic rings. The molecule has 0 aromatic heterocycles. The van der Waals surface area contributed by atoms with Crippen molar-refractivity contribution < 1.29 is 13.2 Å². The van der Waals surface area contributed by atoms with Crippen molar-refractivity contribution in [3.05, 3.63) is 83.2 Å². The summed E-state index contributed by atoms with van der Waals surface area (Å²) in [7, 11) is 0. The van der Waals surface area contributed by atoms with Gasteiger partial charge in [-0.15, -0.1) is 0 Å². The fourth-order valence-corrected chi connectivity index (χ4v) is 5.38. The lowest BCUT2D eigenvalue weighted by Crippen LogP contribution is -2.14. The number of benzene rings is 3. The summed E-state index contributed by atoms with van der Waals surface area (Å²) in [6.07, 6.45) is 13.8. The summed E-state index contributed by atoms with van der Waals surface area (Å²) in [5.74, 6) is -1.05. The van der Waals surface area contributed by atoms with Crippen LogP contribution in [0.1, 0.15) is 69.9 Å². The Labute approximate surface area is 201 Å². The lowest BCUT2D eigenvalue weighted by atomic mass is 9.78. The summed E-state index contributed by atoms with van der Waals surface area (Å²) in [6, 6.07) is 12.7. The van der Waals surface area contributed by atoms with Gasteiger partial charge in [0.05, 0.1) is 5.39 Å².